The Balaban J connectivity index is 1.44. The molecule has 0 atom stereocenters. The van der Waals surface area contributed by atoms with E-state index in [1.807, 2.05) is 0 Å². The second-order valence-electron chi connectivity index (χ2n) is 5.77. The number of ether oxygens (including phenoxy) is 1. The van der Waals surface area contributed by atoms with E-state index in [4.69, 9.17) is 10.5 Å². The number of nitrogens with zero attached hydrogens (tertiary/aromatic N) is 2. The van der Waals surface area contributed by atoms with Gasteiger partial charge in [0.25, 0.3) is 5.91 Å². The summed E-state index contributed by atoms with van der Waals surface area (Å²) in [6, 6.07) is 2.89. The van der Waals surface area contributed by atoms with Gasteiger partial charge in [-0.2, -0.15) is 0 Å². The van der Waals surface area contributed by atoms with Crippen LogP contribution in [0.5, 0.6) is 5.88 Å². The number of carbonyl (C=O) groups excluding carboxylic acids is 3. The molecule has 3 rings (SSSR count). The van der Waals surface area contributed by atoms with Crippen LogP contribution in [0, 0.1) is 5.92 Å². The van der Waals surface area contributed by atoms with E-state index in [2.05, 4.69) is 10.3 Å². The lowest BCUT2D eigenvalue weighted by atomic mass is 9.77. The maximum Gasteiger partial charge on any atom is 0.324 e. The van der Waals surface area contributed by atoms with Crippen molar-refractivity contribution < 1.29 is 19.1 Å². The van der Waals surface area contributed by atoms with Crippen LogP contribution >= 0.6 is 0 Å². The summed E-state index contributed by atoms with van der Waals surface area (Å²) in [6.07, 6.45) is 3.88. The van der Waals surface area contributed by atoms with Crippen LogP contribution in [-0.4, -0.2) is 46.9 Å². The smallest absolute Gasteiger partial charge is 0.324 e. The Morgan fingerprint density at radius 1 is 1.43 bits per heavy atom. The van der Waals surface area contributed by atoms with Crippen LogP contribution in [0.2, 0.25) is 0 Å². The highest BCUT2D eigenvalue weighted by Crippen LogP contribution is 2.35. The van der Waals surface area contributed by atoms with Crippen molar-refractivity contribution in [3.05, 3.63) is 23.9 Å². The SMILES string of the molecule is NC(=O)c1cccnc1OCCC1CC(N2C(=O)CNC2=O)C1. The fourth-order valence-electron chi connectivity index (χ4n) is 2.97. The number of imide groups is 1. The Morgan fingerprint density at radius 3 is 2.87 bits per heavy atom. The van der Waals surface area contributed by atoms with Crippen LogP contribution in [0.4, 0.5) is 4.79 Å². The van der Waals surface area contributed by atoms with Crippen LogP contribution in [0.15, 0.2) is 18.3 Å². The zero-order valence-corrected chi connectivity index (χ0v) is 12.5. The number of nitrogens with one attached hydrogen (secondary N) is 1. The third kappa shape index (κ3) is 3.10. The molecule has 4 amide bonds. The first-order chi connectivity index (χ1) is 11.1. The molecule has 3 N–H and O–H groups in total. The number of amides is 4. The van der Waals surface area contributed by atoms with Crippen molar-refractivity contribution in [2.24, 2.45) is 11.7 Å². The molecule has 0 radical (unpaired) electrons. The topological polar surface area (TPSA) is 115 Å². The number of aromatic nitrogens is 1. The first kappa shape index (κ1) is 15.3. The van der Waals surface area contributed by atoms with E-state index in [1.54, 1.807) is 18.3 Å². The highest BCUT2D eigenvalue weighted by Gasteiger charge is 2.41. The molecule has 8 heteroatoms. The Bertz CT molecular complexity index is 626. The number of rotatable bonds is 6. The largest absolute Gasteiger partial charge is 0.477 e. The number of primary amides is 1. The van der Waals surface area contributed by atoms with Crippen molar-refractivity contribution in [3.63, 3.8) is 0 Å². The molecule has 0 aromatic carbocycles. The van der Waals surface area contributed by atoms with Crippen molar-refractivity contribution in [2.45, 2.75) is 25.3 Å². The fourth-order valence-corrected chi connectivity index (χ4v) is 2.97. The van der Waals surface area contributed by atoms with Gasteiger partial charge in [-0.3, -0.25) is 14.5 Å². The van der Waals surface area contributed by atoms with E-state index in [9.17, 15) is 14.4 Å². The van der Waals surface area contributed by atoms with Gasteiger partial charge < -0.3 is 15.8 Å². The Hall–Kier alpha value is -2.64. The maximum absolute atomic E-state index is 11.6. The number of carbonyl (C=O) groups is 3. The van der Waals surface area contributed by atoms with E-state index < -0.39 is 5.91 Å². The number of pyridine rings is 1. The summed E-state index contributed by atoms with van der Waals surface area (Å²) in [5, 5.41) is 2.53. The standard InChI is InChI=1S/C15H18N4O4/c16-13(21)11-2-1-4-17-14(11)23-5-3-9-6-10(7-9)19-12(20)8-18-15(19)22/h1-2,4,9-10H,3,5-8H2,(H2,16,21)(H,18,22). The second kappa shape index (κ2) is 6.23. The molecular weight excluding hydrogens is 300 g/mol. The Morgan fingerprint density at radius 2 is 2.22 bits per heavy atom. The average molecular weight is 318 g/mol. The van der Waals surface area contributed by atoms with Gasteiger partial charge in [-0.1, -0.05) is 0 Å². The van der Waals surface area contributed by atoms with Gasteiger partial charge in [-0.05, 0) is 37.3 Å². The molecule has 23 heavy (non-hydrogen) atoms. The molecule has 1 saturated heterocycles. The van der Waals surface area contributed by atoms with Crippen molar-refractivity contribution in [1.29, 1.82) is 0 Å². The molecule has 8 nitrogen and oxygen atoms in total. The third-order valence-corrected chi connectivity index (χ3v) is 4.26. The normalized spacial score (nSPS) is 23.4. The molecule has 1 aliphatic heterocycles. The van der Waals surface area contributed by atoms with Gasteiger partial charge in [0.15, 0.2) is 0 Å². The molecule has 2 fully saturated rings. The van der Waals surface area contributed by atoms with Gasteiger partial charge in [-0.25, -0.2) is 9.78 Å². The summed E-state index contributed by atoms with van der Waals surface area (Å²) in [5.41, 5.74) is 5.53. The predicted octanol–water partition coefficient (Wildman–Crippen LogP) is 0.280. The Labute approximate surface area is 133 Å². The van der Waals surface area contributed by atoms with Gasteiger partial charge >= 0.3 is 6.03 Å². The van der Waals surface area contributed by atoms with E-state index >= 15 is 0 Å². The lowest BCUT2D eigenvalue weighted by Crippen LogP contribution is -2.48. The highest BCUT2D eigenvalue weighted by atomic mass is 16.5. The van der Waals surface area contributed by atoms with Crippen LogP contribution < -0.4 is 15.8 Å². The lowest BCUT2D eigenvalue weighted by Gasteiger charge is -2.39. The van der Waals surface area contributed by atoms with Crippen LogP contribution in [0.25, 0.3) is 0 Å². The van der Waals surface area contributed by atoms with Crippen LogP contribution in [0.1, 0.15) is 29.6 Å². The average Bonchev–Trinajstić information content (AvgIpc) is 2.81. The molecule has 0 unspecified atom stereocenters. The van der Waals surface area contributed by atoms with Crippen LogP contribution in [0.3, 0.4) is 0 Å². The predicted molar refractivity (Wildman–Crippen MR) is 79.6 cm³/mol. The quantitative estimate of drug-likeness (QED) is 0.731. The first-order valence-electron chi connectivity index (χ1n) is 7.53. The molecule has 1 aliphatic carbocycles. The van der Waals surface area contributed by atoms with Gasteiger partial charge in [0.1, 0.15) is 5.56 Å². The van der Waals surface area contributed by atoms with Crippen molar-refractivity contribution >= 4 is 17.8 Å². The minimum atomic E-state index is -0.574. The number of hydrogen-bond donors (Lipinski definition) is 2. The summed E-state index contributed by atoms with van der Waals surface area (Å²) in [6.45, 7) is 0.507. The molecule has 1 aromatic rings. The van der Waals surface area contributed by atoms with Crippen molar-refractivity contribution in [2.75, 3.05) is 13.2 Å². The number of urea groups is 1. The molecule has 0 spiro atoms. The molecule has 0 bridgehead atoms. The Kier molecular flexibility index (Phi) is 4.14. The molecule has 122 valence electrons. The summed E-state index contributed by atoms with van der Waals surface area (Å²) >= 11 is 0. The first-order valence-corrected chi connectivity index (χ1v) is 7.53. The third-order valence-electron chi connectivity index (χ3n) is 4.26. The van der Waals surface area contributed by atoms with Crippen molar-refractivity contribution in [3.8, 4) is 5.88 Å². The molecule has 1 saturated carbocycles. The van der Waals surface area contributed by atoms with Gasteiger partial charge in [0.2, 0.25) is 11.8 Å². The summed E-state index contributed by atoms with van der Waals surface area (Å²) < 4.78 is 5.54. The molecular formula is C15H18N4O4. The summed E-state index contributed by atoms with van der Waals surface area (Å²) in [5.74, 6) is -0.100. The van der Waals surface area contributed by atoms with Crippen molar-refractivity contribution in [1.82, 2.24) is 15.2 Å². The minimum absolute atomic E-state index is 0.00830. The van der Waals surface area contributed by atoms with Crippen LogP contribution in [-0.2, 0) is 4.79 Å². The monoisotopic (exact) mass is 318 g/mol. The number of nitrogens with two attached hydrogens (primary N) is 1. The van der Waals surface area contributed by atoms with E-state index in [0.29, 0.717) is 12.5 Å². The zero-order chi connectivity index (χ0) is 16.4. The number of hydrogen-bond acceptors (Lipinski definition) is 5. The fraction of sp³-hybridized carbons (Fsp3) is 0.467. The molecule has 2 heterocycles. The summed E-state index contributed by atoms with van der Waals surface area (Å²) in [4.78, 5) is 39.7. The van der Waals surface area contributed by atoms with E-state index in [-0.39, 0.29) is 36.0 Å². The molecule has 1 aromatic heterocycles. The molecule has 2 aliphatic rings. The zero-order valence-electron chi connectivity index (χ0n) is 12.5. The summed E-state index contributed by atoms with van der Waals surface area (Å²) in [7, 11) is 0. The van der Waals surface area contributed by atoms with Gasteiger partial charge in [0.05, 0.1) is 13.2 Å². The lowest BCUT2D eigenvalue weighted by molar-refractivity contribution is -0.128. The minimum Gasteiger partial charge on any atom is -0.477 e. The highest BCUT2D eigenvalue weighted by molar-refractivity contribution is 6.02. The van der Waals surface area contributed by atoms with Gasteiger partial charge in [0, 0.05) is 12.2 Å². The van der Waals surface area contributed by atoms with E-state index in [1.165, 1.54) is 4.90 Å². The maximum atomic E-state index is 11.6. The second-order valence-corrected chi connectivity index (χ2v) is 5.77. The van der Waals surface area contributed by atoms with E-state index in [0.717, 1.165) is 19.3 Å². The van der Waals surface area contributed by atoms with Gasteiger partial charge in [-0.15, -0.1) is 0 Å².